The molecule has 1 aliphatic rings. The van der Waals surface area contributed by atoms with E-state index in [-0.39, 0.29) is 17.6 Å². The van der Waals surface area contributed by atoms with Gasteiger partial charge >= 0.3 is 0 Å². The number of nitrogens with two attached hydrogens (primary N) is 2. The van der Waals surface area contributed by atoms with Crippen LogP contribution in [0.2, 0.25) is 0 Å². The molecule has 6 N–H and O–H groups in total. The molecule has 1 heterocycles. The van der Waals surface area contributed by atoms with Crippen molar-refractivity contribution in [3.8, 4) is 11.1 Å². The highest BCUT2D eigenvalue weighted by molar-refractivity contribution is 7.94. The van der Waals surface area contributed by atoms with E-state index >= 15 is 0 Å². The van der Waals surface area contributed by atoms with Crippen molar-refractivity contribution in [3.63, 3.8) is 0 Å². The Morgan fingerprint density at radius 2 is 1.91 bits per heavy atom. The number of hydrogen-bond acceptors (Lipinski definition) is 9. The first-order valence-electron chi connectivity index (χ1n) is 11.1. The van der Waals surface area contributed by atoms with Crippen molar-refractivity contribution in [2.24, 2.45) is 11.5 Å². The minimum Gasteiger partial charge on any atom is -0.365 e. The molecule has 1 aromatic heterocycles. The van der Waals surface area contributed by atoms with Gasteiger partial charge in [-0.05, 0) is 48.2 Å². The number of carbonyl (C=O) groups is 1. The zero-order valence-electron chi connectivity index (χ0n) is 18.9. The molecule has 1 saturated carbocycles. The van der Waals surface area contributed by atoms with Gasteiger partial charge in [-0.15, -0.1) is 0 Å². The number of rotatable bonds is 9. The van der Waals surface area contributed by atoms with Crippen molar-refractivity contribution in [1.29, 1.82) is 0 Å². The Morgan fingerprint density at radius 1 is 1.12 bits per heavy atom. The largest absolute Gasteiger partial charge is 0.365 e. The lowest BCUT2D eigenvalue weighted by Gasteiger charge is -2.29. The fourth-order valence-corrected chi connectivity index (χ4v) is 4.37. The molecule has 2 atom stereocenters. The number of hydrogen-bond donors (Lipinski definition) is 4. The first-order valence-corrected chi connectivity index (χ1v) is 11.8. The Hall–Kier alpha value is -3.18. The maximum Gasteiger partial charge on any atom is 0.254 e. The second kappa shape index (κ2) is 11.3. The molecule has 9 nitrogen and oxygen atoms in total. The number of anilines is 3. The van der Waals surface area contributed by atoms with Crippen molar-refractivity contribution < 1.29 is 14.0 Å². The molecule has 3 aromatic rings. The van der Waals surface area contributed by atoms with Crippen LogP contribution in [0.5, 0.6) is 0 Å². The zero-order chi connectivity index (χ0) is 23.9. The van der Waals surface area contributed by atoms with Gasteiger partial charge in [0.15, 0.2) is 0 Å². The second-order valence-corrected chi connectivity index (χ2v) is 8.84. The van der Waals surface area contributed by atoms with Gasteiger partial charge in [-0.25, -0.2) is 9.87 Å². The van der Waals surface area contributed by atoms with Crippen LogP contribution < -0.4 is 22.1 Å². The van der Waals surface area contributed by atoms with Crippen LogP contribution in [0.4, 0.5) is 17.5 Å². The van der Waals surface area contributed by atoms with Crippen molar-refractivity contribution >= 4 is 35.4 Å². The van der Waals surface area contributed by atoms with E-state index in [2.05, 4.69) is 25.5 Å². The highest BCUT2D eigenvalue weighted by Gasteiger charge is 2.23. The maximum absolute atomic E-state index is 12.0. The minimum absolute atomic E-state index is 0.0510. The Balaban J connectivity index is 1.51. The van der Waals surface area contributed by atoms with E-state index in [1.165, 1.54) is 13.3 Å². The van der Waals surface area contributed by atoms with Crippen LogP contribution in [0.25, 0.3) is 11.1 Å². The average Bonchev–Trinajstić information content (AvgIpc) is 2.85. The molecule has 4 rings (SSSR count). The summed E-state index contributed by atoms with van der Waals surface area (Å²) in [5.74, 6) is 0.156. The van der Waals surface area contributed by atoms with Crippen molar-refractivity contribution in [2.75, 3.05) is 17.7 Å². The van der Waals surface area contributed by atoms with Crippen molar-refractivity contribution in [1.82, 2.24) is 9.97 Å². The molecule has 0 aliphatic heterocycles. The first kappa shape index (κ1) is 24.0. The summed E-state index contributed by atoms with van der Waals surface area (Å²) < 4.78 is 4.93. The van der Waals surface area contributed by atoms with Crippen LogP contribution in [0.3, 0.4) is 0 Å². The molecule has 1 amide bonds. The highest BCUT2D eigenvalue weighted by atomic mass is 32.2. The maximum atomic E-state index is 12.0. The van der Waals surface area contributed by atoms with Crippen molar-refractivity contribution in [3.05, 3.63) is 60.3 Å². The lowest BCUT2D eigenvalue weighted by Crippen LogP contribution is -2.43. The topological polar surface area (TPSA) is 137 Å². The minimum atomic E-state index is -0.604. The van der Waals surface area contributed by atoms with E-state index < -0.39 is 5.91 Å². The first-order chi connectivity index (χ1) is 16.5. The van der Waals surface area contributed by atoms with E-state index in [1.807, 2.05) is 48.5 Å². The number of nitrogens with zero attached hydrogens (tertiary/aromatic N) is 2. The number of nitrogens with one attached hydrogen (secondary N) is 2. The summed E-state index contributed by atoms with van der Waals surface area (Å²) in [7, 11) is 1.47. The van der Waals surface area contributed by atoms with E-state index in [1.54, 1.807) is 0 Å². The predicted molar refractivity (Wildman–Crippen MR) is 134 cm³/mol. The number of amides is 1. The summed E-state index contributed by atoms with van der Waals surface area (Å²) in [6, 6.07) is 15.9. The van der Waals surface area contributed by atoms with Gasteiger partial charge in [0.05, 0.1) is 19.2 Å². The number of primary amides is 1. The molecule has 0 saturated heterocycles. The molecule has 10 heteroatoms. The van der Waals surface area contributed by atoms with Gasteiger partial charge in [0.25, 0.3) is 5.91 Å². The molecular weight excluding hydrogens is 452 g/mol. The van der Waals surface area contributed by atoms with Crippen LogP contribution >= 0.6 is 12.0 Å². The molecule has 0 radical (unpaired) electrons. The second-order valence-electron chi connectivity index (χ2n) is 8.07. The zero-order valence-corrected chi connectivity index (χ0v) is 19.7. The van der Waals surface area contributed by atoms with Gasteiger partial charge in [0, 0.05) is 28.9 Å². The van der Waals surface area contributed by atoms with E-state index in [0.29, 0.717) is 11.8 Å². The average molecular weight is 481 g/mol. The Kier molecular flexibility index (Phi) is 7.96. The molecule has 1 aliphatic carbocycles. The van der Waals surface area contributed by atoms with Crippen LogP contribution in [-0.2, 0) is 9.22 Å². The van der Waals surface area contributed by atoms with Gasteiger partial charge in [-0.1, -0.05) is 37.1 Å². The normalized spacial score (nSPS) is 17.8. The van der Waals surface area contributed by atoms with Gasteiger partial charge in [-0.2, -0.15) is 9.32 Å². The summed E-state index contributed by atoms with van der Waals surface area (Å²) in [5.41, 5.74) is 14.8. The van der Waals surface area contributed by atoms with Crippen molar-refractivity contribution in [2.45, 2.75) is 42.7 Å². The van der Waals surface area contributed by atoms with E-state index in [0.717, 1.165) is 59.4 Å². The smallest absolute Gasteiger partial charge is 0.254 e. The van der Waals surface area contributed by atoms with Crippen LogP contribution in [-0.4, -0.2) is 35.1 Å². The molecule has 2 aromatic carbocycles. The summed E-state index contributed by atoms with van der Waals surface area (Å²) in [4.78, 5) is 26.3. The fraction of sp³-hybridized carbons (Fsp3) is 0.292. The Morgan fingerprint density at radius 3 is 2.65 bits per heavy atom. The van der Waals surface area contributed by atoms with Gasteiger partial charge in [0.1, 0.15) is 11.4 Å². The third-order valence-electron chi connectivity index (χ3n) is 5.70. The van der Waals surface area contributed by atoms with E-state index in [9.17, 15) is 4.79 Å². The van der Waals surface area contributed by atoms with Crippen LogP contribution in [0.15, 0.2) is 59.6 Å². The lowest BCUT2D eigenvalue weighted by molar-refractivity contribution is -0.160. The van der Waals surface area contributed by atoms with Gasteiger partial charge in [0.2, 0.25) is 5.95 Å². The standard InChI is InChI=1S/C24H28N6O3S/c1-32-33-34-18-6-4-5-16(13-18)15-9-11-17(12-10-15)28-23-19(22(26)31)14-27-24(30-23)29-21-8-3-2-7-20(21)25/h4-6,9-14,20-21H,2-3,7-8,25H2,1H3,(H2,26,31)(H2,27,28,29,30)/t20-,21+/m0/s1. The Labute approximate surface area is 202 Å². The molecule has 1 fully saturated rings. The Bertz CT molecular complexity index is 1130. The molecular formula is C24H28N6O3S. The summed E-state index contributed by atoms with van der Waals surface area (Å²) in [6.45, 7) is 0. The molecule has 34 heavy (non-hydrogen) atoms. The summed E-state index contributed by atoms with van der Waals surface area (Å²) >= 11 is 1.15. The molecule has 0 unspecified atom stereocenters. The third-order valence-corrected chi connectivity index (χ3v) is 6.35. The highest BCUT2D eigenvalue weighted by Crippen LogP contribution is 2.28. The third kappa shape index (κ3) is 6.03. The number of benzene rings is 2. The fourth-order valence-electron chi connectivity index (χ4n) is 3.92. The van der Waals surface area contributed by atoms with E-state index in [4.69, 9.17) is 15.8 Å². The number of carbonyl (C=O) groups excluding carboxylic acids is 1. The van der Waals surface area contributed by atoms with Gasteiger partial charge in [-0.3, -0.25) is 4.79 Å². The molecule has 178 valence electrons. The predicted octanol–water partition coefficient (Wildman–Crippen LogP) is 4.25. The quantitative estimate of drug-likeness (QED) is 0.201. The summed E-state index contributed by atoms with van der Waals surface area (Å²) in [5, 5.41) is 6.51. The molecule has 0 bridgehead atoms. The SMILES string of the molecule is COOSc1cccc(-c2ccc(Nc3nc(N[C@@H]4CCCC[C@@H]4N)ncc3C(N)=O)cc2)c1. The lowest BCUT2D eigenvalue weighted by atomic mass is 9.91. The molecule has 0 spiro atoms. The van der Waals surface area contributed by atoms with Crippen LogP contribution in [0, 0.1) is 0 Å². The number of aromatic nitrogens is 2. The van der Waals surface area contributed by atoms with Crippen LogP contribution in [0.1, 0.15) is 36.0 Å². The van der Waals surface area contributed by atoms with Gasteiger partial charge < -0.3 is 22.1 Å². The monoisotopic (exact) mass is 480 g/mol. The summed E-state index contributed by atoms with van der Waals surface area (Å²) in [6.07, 6.45) is 5.62.